The quantitative estimate of drug-likeness (QED) is 0.842. The molecule has 2 aromatic rings. The predicted octanol–water partition coefficient (Wildman–Crippen LogP) is 1.26. The normalized spacial score (nSPS) is 17.2. The number of nitrogens with zero attached hydrogens (tertiary/aromatic N) is 4. The first-order valence-electron chi connectivity index (χ1n) is 5.99. The van der Waals surface area contributed by atoms with Crippen LogP contribution in [0.4, 0.5) is 0 Å². The molecule has 1 N–H and O–H groups in total. The van der Waals surface area contributed by atoms with E-state index >= 15 is 0 Å². The van der Waals surface area contributed by atoms with Gasteiger partial charge >= 0.3 is 0 Å². The maximum Gasteiger partial charge on any atom is 0.204 e. The molecule has 88 valence electrons. The van der Waals surface area contributed by atoms with Crippen LogP contribution in [0.25, 0.3) is 11.4 Å². The van der Waals surface area contributed by atoms with Crippen molar-refractivity contribution in [2.75, 3.05) is 13.1 Å². The summed E-state index contributed by atoms with van der Waals surface area (Å²) in [6.07, 6.45) is 2.15. The summed E-state index contributed by atoms with van der Waals surface area (Å²) in [4.78, 5) is 1.77. The fourth-order valence-electron chi connectivity index (χ4n) is 2.12. The first-order valence-corrected chi connectivity index (χ1v) is 5.99. The summed E-state index contributed by atoms with van der Waals surface area (Å²) >= 11 is 0. The Morgan fingerprint density at radius 1 is 1.12 bits per heavy atom. The molecular formula is C12H15N5. The molecule has 5 heteroatoms. The van der Waals surface area contributed by atoms with Crippen molar-refractivity contribution in [3.05, 3.63) is 30.3 Å². The van der Waals surface area contributed by atoms with Crippen molar-refractivity contribution in [2.24, 2.45) is 0 Å². The number of rotatable bonds is 2. The van der Waals surface area contributed by atoms with E-state index in [0.717, 1.165) is 31.5 Å². The van der Waals surface area contributed by atoms with E-state index in [0.29, 0.717) is 11.9 Å². The first kappa shape index (κ1) is 10.4. The molecule has 5 nitrogen and oxygen atoms in total. The number of benzene rings is 1. The van der Waals surface area contributed by atoms with Crippen molar-refractivity contribution in [1.29, 1.82) is 0 Å². The zero-order valence-corrected chi connectivity index (χ0v) is 9.58. The molecule has 0 amide bonds. The second-order valence-corrected chi connectivity index (χ2v) is 4.28. The Hall–Kier alpha value is -1.75. The summed E-state index contributed by atoms with van der Waals surface area (Å²) in [5.74, 6) is 0.712. The molecule has 0 spiro atoms. The number of hydrogen-bond donors (Lipinski definition) is 1. The molecule has 1 saturated heterocycles. The summed E-state index contributed by atoms with van der Waals surface area (Å²) in [5, 5.41) is 16.1. The third kappa shape index (κ3) is 2.19. The summed E-state index contributed by atoms with van der Waals surface area (Å²) in [7, 11) is 0. The van der Waals surface area contributed by atoms with Crippen LogP contribution in [0.2, 0.25) is 0 Å². The highest BCUT2D eigenvalue weighted by atomic mass is 15.6. The Kier molecular flexibility index (Phi) is 2.83. The highest BCUT2D eigenvalue weighted by Crippen LogP contribution is 2.18. The second-order valence-electron chi connectivity index (χ2n) is 4.28. The second kappa shape index (κ2) is 4.63. The van der Waals surface area contributed by atoms with Gasteiger partial charge in [0, 0.05) is 5.56 Å². The maximum absolute atomic E-state index is 4.47. The Bertz CT molecular complexity index is 473. The highest BCUT2D eigenvalue weighted by Gasteiger charge is 2.17. The molecular weight excluding hydrogens is 214 g/mol. The van der Waals surface area contributed by atoms with Crippen LogP contribution >= 0.6 is 0 Å². The minimum atomic E-state index is 0.390. The van der Waals surface area contributed by atoms with Gasteiger partial charge in [0.1, 0.15) is 0 Å². The zero-order chi connectivity index (χ0) is 11.5. The smallest absolute Gasteiger partial charge is 0.204 e. The van der Waals surface area contributed by atoms with Gasteiger partial charge in [-0.15, -0.1) is 10.2 Å². The van der Waals surface area contributed by atoms with Crippen LogP contribution in [-0.2, 0) is 0 Å². The lowest BCUT2D eigenvalue weighted by Crippen LogP contribution is -2.30. The highest BCUT2D eigenvalue weighted by molar-refractivity contribution is 5.52. The lowest BCUT2D eigenvalue weighted by molar-refractivity contribution is 0.309. The Balaban J connectivity index is 1.83. The molecule has 0 bridgehead atoms. The summed E-state index contributed by atoms with van der Waals surface area (Å²) in [6, 6.07) is 10.4. The van der Waals surface area contributed by atoms with Gasteiger partial charge in [0.15, 0.2) is 0 Å². The number of aromatic nitrogens is 4. The minimum absolute atomic E-state index is 0.390. The maximum atomic E-state index is 4.47. The van der Waals surface area contributed by atoms with Crippen molar-refractivity contribution < 1.29 is 0 Å². The van der Waals surface area contributed by atoms with Crippen LogP contribution < -0.4 is 5.32 Å². The van der Waals surface area contributed by atoms with Crippen molar-refractivity contribution in [3.8, 4) is 11.4 Å². The summed E-state index contributed by atoms with van der Waals surface area (Å²) in [6.45, 7) is 2.07. The van der Waals surface area contributed by atoms with E-state index in [1.165, 1.54) is 0 Å². The summed E-state index contributed by atoms with van der Waals surface area (Å²) < 4.78 is 0. The topological polar surface area (TPSA) is 55.6 Å². The average molecular weight is 229 g/mol. The number of piperidine rings is 1. The van der Waals surface area contributed by atoms with Crippen molar-refractivity contribution in [2.45, 2.75) is 18.9 Å². The lowest BCUT2D eigenvalue weighted by atomic mass is 10.1. The Morgan fingerprint density at radius 2 is 1.88 bits per heavy atom. The van der Waals surface area contributed by atoms with Gasteiger partial charge in [0.25, 0.3) is 0 Å². The van der Waals surface area contributed by atoms with Gasteiger partial charge in [-0.25, -0.2) is 0 Å². The molecule has 0 radical (unpaired) electrons. The van der Waals surface area contributed by atoms with Crippen LogP contribution in [-0.4, -0.2) is 33.3 Å². The van der Waals surface area contributed by atoms with Crippen LogP contribution in [0.3, 0.4) is 0 Å². The average Bonchev–Trinajstić information content (AvgIpc) is 2.90. The van der Waals surface area contributed by atoms with Crippen LogP contribution in [0.15, 0.2) is 30.3 Å². The van der Waals surface area contributed by atoms with Crippen LogP contribution in [0.5, 0.6) is 0 Å². The van der Waals surface area contributed by atoms with Gasteiger partial charge in [-0.2, -0.15) is 4.80 Å². The Morgan fingerprint density at radius 3 is 2.65 bits per heavy atom. The van der Waals surface area contributed by atoms with E-state index in [1.807, 2.05) is 30.3 Å². The van der Waals surface area contributed by atoms with E-state index in [2.05, 4.69) is 20.7 Å². The lowest BCUT2D eigenvalue weighted by Gasteiger charge is -2.20. The molecule has 1 aromatic heterocycles. The largest absolute Gasteiger partial charge is 0.317 e. The fourth-order valence-corrected chi connectivity index (χ4v) is 2.12. The molecule has 0 aliphatic carbocycles. The van der Waals surface area contributed by atoms with E-state index in [-0.39, 0.29) is 0 Å². The van der Waals surface area contributed by atoms with E-state index in [4.69, 9.17) is 0 Å². The zero-order valence-electron chi connectivity index (χ0n) is 9.58. The molecule has 1 fully saturated rings. The van der Waals surface area contributed by atoms with Crippen molar-refractivity contribution in [1.82, 2.24) is 25.5 Å². The van der Waals surface area contributed by atoms with Gasteiger partial charge in [0.2, 0.25) is 5.82 Å². The molecule has 2 heterocycles. The van der Waals surface area contributed by atoms with E-state index in [9.17, 15) is 0 Å². The molecule has 0 atom stereocenters. The van der Waals surface area contributed by atoms with Crippen LogP contribution in [0, 0.1) is 0 Å². The first-order chi connectivity index (χ1) is 8.43. The van der Waals surface area contributed by atoms with Crippen molar-refractivity contribution >= 4 is 0 Å². The monoisotopic (exact) mass is 229 g/mol. The van der Waals surface area contributed by atoms with Gasteiger partial charge in [-0.1, -0.05) is 30.3 Å². The number of nitrogens with one attached hydrogen (secondary N) is 1. The number of hydrogen-bond acceptors (Lipinski definition) is 4. The van der Waals surface area contributed by atoms with Gasteiger partial charge in [-0.05, 0) is 31.1 Å². The van der Waals surface area contributed by atoms with E-state index in [1.54, 1.807) is 4.80 Å². The third-order valence-electron chi connectivity index (χ3n) is 3.10. The molecule has 1 aromatic carbocycles. The molecule has 1 aliphatic heterocycles. The molecule has 3 rings (SSSR count). The SMILES string of the molecule is c1ccc(-c2nnn(C3CCNCC3)n2)cc1. The minimum Gasteiger partial charge on any atom is -0.317 e. The third-order valence-corrected chi connectivity index (χ3v) is 3.10. The van der Waals surface area contributed by atoms with Gasteiger partial charge < -0.3 is 5.32 Å². The van der Waals surface area contributed by atoms with E-state index < -0.39 is 0 Å². The number of tetrazole rings is 1. The molecule has 0 saturated carbocycles. The Labute approximate surface area is 99.8 Å². The molecule has 1 aliphatic rings. The van der Waals surface area contributed by atoms with Crippen molar-refractivity contribution in [3.63, 3.8) is 0 Å². The van der Waals surface area contributed by atoms with Crippen LogP contribution in [0.1, 0.15) is 18.9 Å². The molecule has 17 heavy (non-hydrogen) atoms. The van der Waals surface area contributed by atoms with Gasteiger partial charge in [-0.3, -0.25) is 0 Å². The predicted molar refractivity (Wildman–Crippen MR) is 64.4 cm³/mol. The standard InChI is InChI=1S/C12H15N5/c1-2-4-10(5-3-1)12-14-16-17(15-12)11-6-8-13-9-7-11/h1-5,11,13H,6-9H2. The fraction of sp³-hybridized carbons (Fsp3) is 0.417. The molecule has 0 unspecified atom stereocenters. The van der Waals surface area contributed by atoms with Gasteiger partial charge in [0.05, 0.1) is 6.04 Å². The summed E-state index contributed by atoms with van der Waals surface area (Å²) in [5.41, 5.74) is 1.02.